The molecule has 0 atom stereocenters. The van der Waals surface area contributed by atoms with E-state index in [9.17, 15) is 18.0 Å². The molecule has 0 bridgehead atoms. The van der Waals surface area contributed by atoms with Crippen LogP contribution in [0.1, 0.15) is 0 Å². The maximum absolute atomic E-state index is 12.3. The summed E-state index contributed by atoms with van der Waals surface area (Å²) in [6.07, 6.45) is 0.928. The third-order valence-electron chi connectivity index (χ3n) is 3.41. The molecule has 0 spiro atoms. The largest absolute Gasteiger partial charge is 0.325 e. The SMILES string of the molecule is CN(CCN1CCNCC1)S(=O)(=O)c1c[nH]c(=O)[nH]c1=O. The summed E-state index contributed by atoms with van der Waals surface area (Å²) in [5.41, 5.74) is -1.64. The summed E-state index contributed by atoms with van der Waals surface area (Å²) in [5, 5.41) is 3.22. The highest BCUT2D eigenvalue weighted by Gasteiger charge is 2.25. The van der Waals surface area contributed by atoms with Gasteiger partial charge in [-0.15, -0.1) is 0 Å². The van der Waals surface area contributed by atoms with Gasteiger partial charge in [-0.3, -0.25) is 14.7 Å². The van der Waals surface area contributed by atoms with Gasteiger partial charge < -0.3 is 10.3 Å². The van der Waals surface area contributed by atoms with Crippen molar-refractivity contribution in [1.82, 2.24) is 24.5 Å². The van der Waals surface area contributed by atoms with Crippen LogP contribution in [-0.2, 0) is 10.0 Å². The summed E-state index contributed by atoms with van der Waals surface area (Å²) in [7, 11) is -2.49. The van der Waals surface area contributed by atoms with Gasteiger partial charge in [0.25, 0.3) is 5.56 Å². The standard InChI is InChI=1S/C11H19N5O4S/c1-15(6-7-16-4-2-12-3-5-16)21(19,20)9-8-13-11(18)14-10(9)17/h8,12H,2-7H2,1H3,(H2,13,14,17,18). The Hall–Kier alpha value is -1.49. The van der Waals surface area contributed by atoms with E-state index in [2.05, 4.69) is 15.2 Å². The Morgan fingerprint density at radius 2 is 1.95 bits per heavy atom. The van der Waals surface area contributed by atoms with Gasteiger partial charge in [-0.05, 0) is 0 Å². The summed E-state index contributed by atoms with van der Waals surface area (Å²) in [6, 6.07) is 0. The van der Waals surface area contributed by atoms with Crippen molar-refractivity contribution in [2.75, 3.05) is 46.3 Å². The van der Waals surface area contributed by atoms with E-state index < -0.39 is 26.2 Å². The van der Waals surface area contributed by atoms with Crippen molar-refractivity contribution in [3.05, 3.63) is 27.0 Å². The number of aromatic nitrogens is 2. The second-order valence-electron chi connectivity index (χ2n) is 4.85. The molecule has 3 N–H and O–H groups in total. The summed E-state index contributed by atoms with van der Waals surface area (Å²) in [6.45, 7) is 4.38. The molecule has 1 aromatic rings. The lowest BCUT2D eigenvalue weighted by Crippen LogP contribution is -2.46. The average Bonchev–Trinajstić information content (AvgIpc) is 2.45. The monoisotopic (exact) mass is 317 g/mol. The lowest BCUT2D eigenvalue weighted by molar-refractivity contribution is 0.229. The smallest absolute Gasteiger partial charge is 0.314 e. The molecule has 2 rings (SSSR count). The quantitative estimate of drug-likeness (QED) is 0.557. The van der Waals surface area contributed by atoms with E-state index in [4.69, 9.17) is 0 Å². The maximum atomic E-state index is 12.3. The van der Waals surface area contributed by atoms with Crippen LogP contribution in [0.4, 0.5) is 0 Å². The third-order valence-corrected chi connectivity index (χ3v) is 5.28. The van der Waals surface area contributed by atoms with Crippen LogP contribution < -0.4 is 16.6 Å². The second kappa shape index (κ2) is 6.52. The van der Waals surface area contributed by atoms with Gasteiger partial charge in [0, 0.05) is 52.5 Å². The second-order valence-corrected chi connectivity index (χ2v) is 6.87. The zero-order chi connectivity index (χ0) is 15.5. The molecule has 10 heteroatoms. The van der Waals surface area contributed by atoms with Gasteiger partial charge in [-0.1, -0.05) is 0 Å². The number of sulfonamides is 1. The van der Waals surface area contributed by atoms with Crippen LogP contribution in [0.3, 0.4) is 0 Å². The number of nitrogens with one attached hydrogen (secondary N) is 3. The molecule has 0 radical (unpaired) electrons. The van der Waals surface area contributed by atoms with Crippen LogP contribution >= 0.6 is 0 Å². The molecule has 1 aliphatic heterocycles. The van der Waals surface area contributed by atoms with Crippen molar-refractivity contribution < 1.29 is 8.42 Å². The lowest BCUT2D eigenvalue weighted by Gasteiger charge is -2.28. The van der Waals surface area contributed by atoms with Crippen molar-refractivity contribution in [1.29, 1.82) is 0 Å². The highest BCUT2D eigenvalue weighted by atomic mass is 32.2. The van der Waals surface area contributed by atoms with Gasteiger partial charge in [0.15, 0.2) is 4.90 Å². The van der Waals surface area contributed by atoms with Gasteiger partial charge in [0.2, 0.25) is 10.0 Å². The number of nitrogens with zero attached hydrogens (tertiary/aromatic N) is 2. The first kappa shape index (κ1) is 15.9. The minimum absolute atomic E-state index is 0.279. The molecule has 0 aliphatic carbocycles. The van der Waals surface area contributed by atoms with Crippen LogP contribution in [0.5, 0.6) is 0 Å². The van der Waals surface area contributed by atoms with E-state index in [1.807, 2.05) is 4.98 Å². The summed E-state index contributed by atoms with van der Waals surface area (Å²) >= 11 is 0. The molecule has 0 saturated carbocycles. The summed E-state index contributed by atoms with van der Waals surface area (Å²) in [4.78, 5) is 28.3. The molecule has 1 aromatic heterocycles. The first-order valence-electron chi connectivity index (χ1n) is 6.62. The molecule has 21 heavy (non-hydrogen) atoms. The predicted octanol–water partition coefficient (Wildman–Crippen LogP) is -2.41. The first-order chi connectivity index (χ1) is 9.91. The topological polar surface area (TPSA) is 118 Å². The molecule has 0 unspecified atom stereocenters. The maximum Gasteiger partial charge on any atom is 0.325 e. The van der Waals surface area contributed by atoms with Gasteiger partial charge in [-0.2, -0.15) is 4.31 Å². The zero-order valence-corrected chi connectivity index (χ0v) is 12.6. The van der Waals surface area contributed by atoms with Crippen LogP contribution in [-0.4, -0.2) is 73.9 Å². The zero-order valence-electron chi connectivity index (χ0n) is 11.8. The van der Waals surface area contributed by atoms with E-state index >= 15 is 0 Å². The molecule has 0 amide bonds. The first-order valence-corrected chi connectivity index (χ1v) is 8.06. The Morgan fingerprint density at radius 3 is 2.57 bits per heavy atom. The van der Waals surface area contributed by atoms with Crippen LogP contribution in [0.25, 0.3) is 0 Å². The Morgan fingerprint density at radius 1 is 1.29 bits per heavy atom. The minimum atomic E-state index is -3.91. The fraction of sp³-hybridized carbons (Fsp3) is 0.636. The molecule has 0 aromatic carbocycles. The molecule has 9 nitrogen and oxygen atoms in total. The molecule has 1 fully saturated rings. The Balaban J connectivity index is 2.07. The normalized spacial score (nSPS) is 17.2. The Bertz CT molecular complexity index is 689. The minimum Gasteiger partial charge on any atom is -0.314 e. The molecule has 1 saturated heterocycles. The fourth-order valence-electron chi connectivity index (χ4n) is 2.09. The van der Waals surface area contributed by atoms with Crippen molar-refractivity contribution in [3.8, 4) is 0 Å². The number of hydrogen-bond acceptors (Lipinski definition) is 6. The van der Waals surface area contributed by atoms with Gasteiger partial charge in [-0.25, -0.2) is 13.2 Å². The molecular formula is C11H19N5O4S. The number of rotatable bonds is 5. The highest BCUT2D eigenvalue weighted by Crippen LogP contribution is 2.07. The van der Waals surface area contributed by atoms with Gasteiger partial charge in [0.05, 0.1) is 0 Å². The average molecular weight is 317 g/mol. The van der Waals surface area contributed by atoms with Crippen molar-refractivity contribution in [3.63, 3.8) is 0 Å². The lowest BCUT2D eigenvalue weighted by atomic mass is 10.3. The van der Waals surface area contributed by atoms with E-state index in [-0.39, 0.29) is 6.54 Å². The predicted molar refractivity (Wildman–Crippen MR) is 76.8 cm³/mol. The summed E-state index contributed by atoms with van der Waals surface area (Å²) < 4.78 is 25.7. The van der Waals surface area contributed by atoms with Crippen molar-refractivity contribution in [2.45, 2.75) is 4.90 Å². The number of piperazine rings is 1. The molecule has 118 valence electrons. The number of aromatic amines is 2. The molecular weight excluding hydrogens is 298 g/mol. The number of hydrogen-bond donors (Lipinski definition) is 3. The Kier molecular flexibility index (Phi) is 4.93. The van der Waals surface area contributed by atoms with E-state index in [0.717, 1.165) is 36.7 Å². The fourth-order valence-corrected chi connectivity index (χ4v) is 3.25. The van der Waals surface area contributed by atoms with Gasteiger partial charge >= 0.3 is 5.69 Å². The van der Waals surface area contributed by atoms with Crippen LogP contribution in [0.15, 0.2) is 20.7 Å². The van der Waals surface area contributed by atoms with E-state index in [0.29, 0.717) is 6.54 Å². The van der Waals surface area contributed by atoms with Gasteiger partial charge in [0.1, 0.15) is 0 Å². The number of likely N-dealkylation sites (N-methyl/N-ethyl adjacent to an activating group) is 1. The van der Waals surface area contributed by atoms with E-state index in [1.165, 1.54) is 7.05 Å². The number of H-pyrrole nitrogens is 2. The Labute approximate surface area is 122 Å². The molecule has 1 aliphatic rings. The van der Waals surface area contributed by atoms with Crippen LogP contribution in [0, 0.1) is 0 Å². The van der Waals surface area contributed by atoms with Crippen LogP contribution in [0.2, 0.25) is 0 Å². The van der Waals surface area contributed by atoms with Crippen molar-refractivity contribution >= 4 is 10.0 Å². The van der Waals surface area contributed by atoms with Crippen molar-refractivity contribution in [2.24, 2.45) is 0 Å². The van der Waals surface area contributed by atoms with E-state index in [1.54, 1.807) is 0 Å². The third kappa shape index (κ3) is 3.79. The summed E-state index contributed by atoms with van der Waals surface area (Å²) in [5.74, 6) is 0. The highest BCUT2D eigenvalue weighted by molar-refractivity contribution is 7.89. The molecule has 2 heterocycles.